The smallest absolute Gasteiger partial charge is 0.0667 e. The van der Waals surface area contributed by atoms with E-state index in [1.807, 2.05) is 0 Å². The molecule has 0 aliphatic carbocycles. The van der Waals surface area contributed by atoms with Crippen molar-refractivity contribution in [3.63, 3.8) is 0 Å². The molecule has 11 heavy (non-hydrogen) atoms. The average molecular weight is 157 g/mol. The molecule has 0 bridgehead atoms. The van der Waals surface area contributed by atoms with Crippen molar-refractivity contribution >= 4 is 0 Å². The molecule has 0 spiro atoms. The highest BCUT2D eigenvalue weighted by atomic mass is 16.3. The van der Waals surface area contributed by atoms with Gasteiger partial charge in [0.2, 0.25) is 0 Å². The second kappa shape index (κ2) is 3.11. The Morgan fingerprint density at radius 2 is 1.91 bits per heavy atom. The molecule has 0 aromatic carbocycles. The summed E-state index contributed by atoms with van der Waals surface area (Å²) in [5.74, 6) is 0.617. The van der Waals surface area contributed by atoms with Gasteiger partial charge < -0.3 is 10.4 Å². The zero-order chi connectivity index (χ0) is 8.48. The Bertz CT molecular complexity index is 128. The minimum Gasteiger partial charge on any atom is -0.392 e. The van der Waals surface area contributed by atoms with Crippen molar-refractivity contribution in [3.05, 3.63) is 0 Å². The molecule has 66 valence electrons. The molecule has 0 amide bonds. The van der Waals surface area contributed by atoms with E-state index in [-0.39, 0.29) is 6.10 Å². The lowest BCUT2D eigenvalue weighted by atomic mass is 9.76. The maximum atomic E-state index is 9.38. The van der Waals surface area contributed by atoms with Crippen LogP contribution in [-0.2, 0) is 0 Å². The summed E-state index contributed by atoms with van der Waals surface area (Å²) in [5, 5.41) is 12.6. The van der Waals surface area contributed by atoms with E-state index in [9.17, 15) is 5.11 Å². The van der Waals surface area contributed by atoms with E-state index in [2.05, 4.69) is 26.1 Å². The summed E-state index contributed by atoms with van der Waals surface area (Å²) in [6.45, 7) is 8.53. The zero-order valence-electron chi connectivity index (χ0n) is 7.72. The number of nitrogens with one attached hydrogen (secondary N) is 1. The molecule has 2 N–H and O–H groups in total. The second-order valence-electron chi connectivity index (χ2n) is 4.61. The summed E-state index contributed by atoms with van der Waals surface area (Å²) in [7, 11) is 0. The predicted molar refractivity (Wildman–Crippen MR) is 46.4 cm³/mol. The van der Waals surface area contributed by atoms with Crippen molar-refractivity contribution < 1.29 is 5.11 Å². The highest BCUT2D eigenvalue weighted by Crippen LogP contribution is 2.30. The SMILES string of the molecule is CC(C)(C)C1CNCC(O)C1. The van der Waals surface area contributed by atoms with Gasteiger partial charge in [-0.15, -0.1) is 0 Å². The Balaban J connectivity index is 2.46. The first kappa shape index (κ1) is 9.01. The third-order valence-electron chi connectivity index (χ3n) is 2.55. The first-order chi connectivity index (χ1) is 5.00. The van der Waals surface area contributed by atoms with Gasteiger partial charge in [0, 0.05) is 6.54 Å². The Morgan fingerprint density at radius 1 is 1.27 bits per heavy atom. The molecular weight excluding hydrogens is 138 g/mol. The maximum absolute atomic E-state index is 9.38. The molecule has 1 aliphatic rings. The van der Waals surface area contributed by atoms with E-state index in [1.165, 1.54) is 0 Å². The van der Waals surface area contributed by atoms with E-state index in [1.54, 1.807) is 0 Å². The summed E-state index contributed by atoms with van der Waals surface area (Å²) in [4.78, 5) is 0. The summed E-state index contributed by atoms with van der Waals surface area (Å²) in [6, 6.07) is 0. The van der Waals surface area contributed by atoms with Crippen molar-refractivity contribution in [2.24, 2.45) is 11.3 Å². The Kier molecular flexibility index (Phi) is 2.55. The van der Waals surface area contributed by atoms with Crippen LogP contribution in [0.15, 0.2) is 0 Å². The third kappa shape index (κ3) is 2.46. The molecule has 0 aromatic rings. The van der Waals surface area contributed by atoms with Crippen LogP contribution in [0, 0.1) is 11.3 Å². The Labute approximate surface area is 69.0 Å². The Morgan fingerprint density at radius 3 is 2.27 bits per heavy atom. The molecule has 0 radical (unpaired) electrons. The lowest BCUT2D eigenvalue weighted by Crippen LogP contribution is -2.44. The van der Waals surface area contributed by atoms with Gasteiger partial charge >= 0.3 is 0 Å². The van der Waals surface area contributed by atoms with Gasteiger partial charge in [0.1, 0.15) is 0 Å². The quantitative estimate of drug-likeness (QED) is 0.550. The molecule has 1 fully saturated rings. The number of piperidine rings is 1. The first-order valence-electron chi connectivity index (χ1n) is 4.39. The molecular formula is C9H19NO. The van der Waals surface area contributed by atoms with Gasteiger partial charge in [-0.1, -0.05) is 20.8 Å². The fraction of sp³-hybridized carbons (Fsp3) is 1.00. The van der Waals surface area contributed by atoms with Gasteiger partial charge in [-0.25, -0.2) is 0 Å². The molecule has 1 aliphatic heterocycles. The number of hydrogen-bond acceptors (Lipinski definition) is 2. The van der Waals surface area contributed by atoms with Gasteiger partial charge in [0.25, 0.3) is 0 Å². The molecule has 1 rings (SSSR count). The topological polar surface area (TPSA) is 32.3 Å². The van der Waals surface area contributed by atoms with Crippen LogP contribution in [0.5, 0.6) is 0 Å². The predicted octanol–water partition coefficient (Wildman–Crippen LogP) is 1.00. The fourth-order valence-electron chi connectivity index (χ4n) is 1.58. The standard InChI is InChI=1S/C9H19NO/c1-9(2,3)7-4-8(11)6-10-5-7/h7-8,10-11H,4-6H2,1-3H3. The van der Waals surface area contributed by atoms with Crippen molar-refractivity contribution in [2.45, 2.75) is 33.3 Å². The monoisotopic (exact) mass is 157 g/mol. The van der Waals surface area contributed by atoms with Crippen LogP contribution in [-0.4, -0.2) is 24.3 Å². The minimum atomic E-state index is -0.132. The summed E-state index contributed by atoms with van der Waals surface area (Å²) in [6.07, 6.45) is 0.823. The number of rotatable bonds is 0. The van der Waals surface area contributed by atoms with Crippen molar-refractivity contribution in [2.75, 3.05) is 13.1 Å². The molecule has 1 saturated heterocycles. The average Bonchev–Trinajstić information content (AvgIpc) is 1.86. The summed E-state index contributed by atoms with van der Waals surface area (Å²) < 4.78 is 0. The number of aliphatic hydroxyl groups excluding tert-OH is 1. The van der Waals surface area contributed by atoms with Crippen molar-refractivity contribution in [1.82, 2.24) is 5.32 Å². The lowest BCUT2D eigenvalue weighted by molar-refractivity contribution is 0.0716. The fourth-order valence-corrected chi connectivity index (χ4v) is 1.58. The first-order valence-corrected chi connectivity index (χ1v) is 4.39. The van der Waals surface area contributed by atoms with Crippen molar-refractivity contribution in [1.29, 1.82) is 0 Å². The summed E-state index contributed by atoms with van der Waals surface area (Å²) in [5.41, 5.74) is 0.328. The highest BCUT2D eigenvalue weighted by molar-refractivity contribution is 4.83. The number of aliphatic hydroxyl groups is 1. The lowest BCUT2D eigenvalue weighted by Gasteiger charge is -2.36. The highest BCUT2D eigenvalue weighted by Gasteiger charge is 2.29. The van der Waals surface area contributed by atoms with Crippen LogP contribution in [0.3, 0.4) is 0 Å². The van der Waals surface area contributed by atoms with Gasteiger partial charge in [-0.2, -0.15) is 0 Å². The molecule has 0 aromatic heterocycles. The number of β-amino-alcohol motifs (C(OH)–C–C–N with tert-alkyl or cyclic N) is 1. The van der Waals surface area contributed by atoms with Gasteiger partial charge in [-0.05, 0) is 24.3 Å². The molecule has 0 saturated carbocycles. The van der Waals surface area contributed by atoms with Crippen LogP contribution in [0.1, 0.15) is 27.2 Å². The van der Waals surface area contributed by atoms with Crippen LogP contribution >= 0.6 is 0 Å². The maximum Gasteiger partial charge on any atom is 0.0667 e. The zero-order valence-corrected chi connectivity index (χ0v) is 7.72. The Hall–Kier alpha value is -0.0800. The van der Waals surface area contributed by atoms with Crippen LogP contribution in [0.25, 0.3) is 0 Å². The van der Waals surface area contributed by atoms with E-state index in [0.717, 1.165) is 19.5 Å². The van der Waals surface area contributed by atoms with E-state index < -0.39 is 0 Å². The molecule has 2 unspecified atom stereocenters. The van der Waals surface area contributed by atoms with Crippen LogP contribution in [0.2, 0.25) is 0 Å². The largest absolute Gasteiger partial charge is 0.392 e. The van der Waals surface area contributed by atoms with Gasteiger partial charge in [0.05, 0.1) is 6.10 Å². The van der Waals surface area contributed by atoms with E-state index in [0.29, 0.717) is 11.3 Å². The molecule has 2 heteroatoms. The molecule has 2 nitrogen and oxygen atoms in total. The number of hydrogen-bond donors (Lipinski definition) is 2. The van der Waals surface area contributed by atoms with Gasteiger partial charge in [-0.3, -0.25) is 0 Å². The normalized spacial score (nSPS) is 33.8. The van der Waals surface area contributed by atoms with Crippen LogP contribution < -0.4 is 5.32 Å². The van der Waals surface area contributed by atoms with Crippen LogP contribution in [0.4, 0.5) is 0 Å². The second-order valence-corrected chi connectivity index (χ2v) is 4.61. The van der Waals surface area contributed by atoms with E-state index in [4.69, 9.17) is 0 Å². The third-order valence-corrected chi connectivity index (χ3v) is 2.55. The minimum absolute atomic E-state index is 0.132. The van der Waals surface area contributed by atoms with E-state index >= 15 is 0 Å². The van der Waals surface area contributed by atoms with Crippen molar-refractivity contribution in [3.8, 4) is 0 Å². The summed E-state index contributed by atoms with van der Waals surface area (Å²) >= 11 is 0. The molecule has 1 heterocycles. The molecule has 2 atom stereocenters. The van der Waals surface area contributed by atoms with Gasteiger partial charge in [0.15, 0.2) is 0 Å².